The van der Waals surface area contributed by atoms with E-state index in [1.807, 2.05) is 0 Å². The lowest BCUT2D eigenvalue weighted by atomic mass is 10.2. The summed E-state index contributed by atoms with van der Waals surface area (Å²) < 4.78 is 4.58. The molecule has 0 aromatic carbocycles. The van der Waals surface area contributed by atoms with E-state index < -0.39 is 17.8 Å². The molecule has 0 fully saturated rings. The zero-order valence-electron chi connectivity index (χ0n) is 10.9. The second-order valence-electron chi connectivity index (χ2n) is 3.80. The van der Waals surface area contributed by atoms with E-state index in [9.17, 15) is 9.59 Å². The van der Waals surface area contributed by atoms with Crippen LogP contribution in [0.2, 0.25) is 5.02 Å². The van der Waals surface area contributed by atoms with Gasteiger partial charge in [0.1, 0.15) is 5.65 Å². The molecule has 2 aromatic rings. The van der Waals surface area contributed by atoms with Crippen LogP contribution in [0.3, 0.4) is 0 Å². The number of nitrogens with one attached hydrogen (secondary N) is 1. The van der Waals surface area contributed by atoms with Crippen LogP contribution in [0.4, 0.5) is 0 Å². The lowest BCUT2D eigenvalue weighted by Crippen LogP contribution is -2.26. The van der Waals surface area contributed by atoms with E-state index in [4.69, 9.17) is 17.3 Å². The summed E-state index contributed by atoms with van der Waals surface area (Å²) in [4.78, 5) is 34.4. The normalized spacial score (nSPS) is 11.4. The number of nitrogens with zero attached hydrogens (tertiary/aromatic N) is 2. The van der Waals surface area contributed by atoms with Crippen LogP contribution in [0.25, 0.3) is 11.0 Å². The molecule has 0 aliphatic carbocycles. The highest BCUT2D eigenvalue weighted by Gasteiger charge is 2.17. The van der Waals surface area contributed by atoms with Gasteiger partial charge in [-0.05, 0) is 18.1 Å². The van der Waals surface area contributed by atoms with Crippen molar-refractivity contribution in [1.82, 2.24) is 9.97 Å². The molecule has 0 unspecified atom stereocenters. The smallest absolute Gasteiger partial charge is 0.377 e. The Morgan fingerprint density at radius 1 is 1.52 bits per heavy atom. The van der Waals surface area contributed by atoms with Crippen LogP contribution in [0.15, 0.2) is 23.6 Å². The highest BCUT2D eigenvalue weighted by molar-refractivity contribution is 6.38. The highest BCUT2D eigenvalue weighted by Crippen LogP contribution is 2.25. The van der Waals surface area contributed by atoms with Crippen LogP contribution in [0.5, 0.6) is 0 Å². The fraction of sp³-hybridized carbons (Fsp3) is 0.167. The molecule has 0 saturated carbocycles. The van der Waals surface area contributed by atoms with Crippen LogP contribution in [-0.4, -0.2) is 34.3 Å². The molecule has 8 nitrogen and oxygen atoms in total. The monoisotopic (exact) mass is 310 g/mol. The van der Waals surface area contributed by atoms with E-state index in [1.165, 1.54) is 6.20 Å². The fourth-order valence-corrected chi connectivity index (χ4v) is 1.78. The number of hydrogen-bond donors (Lipinski definition) is 2. The molecular weight excluding hydrogens is 300 g/mol. The van der Waals surface area contributed by atoms with Crippen molar-refractivity contribution in [3.8, 4) is 0 Å². The van der Waals surface area contributed by atoms with E-state index in [1.54, 1.807) is 19.2 Å². The summed E-state index contributed by atoms with van der Waals surface area (Å²) in [5.74, 6) is -2.34. The van der Waals surface area contributed by atoms with E-state index >= 15 is 0 Å². The maximum absolute atomic E-state index is 11.8. The molecule has 21 heavy (non-hydrogen) atoms. The van der Waals surface area contributed by atoms with E-state index in [0.717, 1.165) is 0 Å². The van der Waals surface area contributed by atoms with Crippen LogP contribution >= 0.6 is 11.6 Å². The number of fused-ring (bicyclic) bond motifs is 1. The second kappa shape index (κ2) is 6.23. The van der Waals surface area contributed by atoms with Crippen LogP contribution in [0.1, 0.15) is 17.3 Å². The minimum atomic E-state index is -0.886. The van der Waals surface area contributed by atoms with Gasteiger partial charge < -0.3 is 20.3 Å². The Balaban J connectivity index is 2.17. The minimum Gasteiger partial charge on any atom is -0.460 e. The quantitative estimate of drug-likeness (QED) is 0.289. The molecule has 0 amide bonds. The van der Waals surface area contributed by atoms with Crippen LogP contribution < -0.4 is 5.73 Å². The zero-order chi connectivity index (χ0) is 15.4. The molecule has 0 bridgehead atoms. The second-order valence-corrected chi connectivity index (χ2v) is 4.18. The Morgan fingerprint density at radius 3 is 3.00 bits per heavy atom. The molecule has 0 aliphatic heterocycles. The number of amidine groups is 1. The lowest BCUT2D eigenvalue weighted by Gasteiger charge is -2.03. The predicted octanol–water partition coefficient (Wildman–Crippen LogP) is 1.21. The van der Waals surface area contributed by atoms with E-state index in [2.05, 4.69) is 24.7 Å². The number of oxime groups is 1. The van der Waals surface area contributed by atoms with Crippen molar-refractivity contribution in [2.24, 2.45) is 10.9 Å². The zero-order valence-corrected chi connectivity index (χ0v) is 11.7. The van der Waals surface area contributed by atoms with Gasteiger partial charge in [0, 0.05) is 17.8 Å². The number of halogens is 1. The Hall–Kier alpha value is -2.61. The van der Waals surface area contributed by atoms with Crippen molar-refractivity contribution in [3.05, 3.63) is 29.0 Å². The van der Waals surface area contributed by atoms with Gasteiger partial charge in [0.25, 0.3) is 0 Å². The number of rotatable bonds is 3. The largest absolute Gasteiger partial charge is 0.460 e. The van der Waals surface area contributed by atoms with Crippen molar-refractivity contribution in [1.29, 1.82) is 0 Å². The number of carbonyl (C=O) groups is 2. The predicted molar refractivity (Wildman–Crippen MR) is 74.8 cm³/mol. The summed E-state index contributed by atoms with van der Waals surface area (Å²) >= 11 is 6.07. The van der Waals surface area contributed by atoms with Gasteiger partial charge >= 0.3 is 11.9 Å². The maximum atomic E-state index is 11.8. The van der Waals surface area contributed by atoms with Gasteiger partial charge in [0.05, 0.1) is 17.2 Å². The third kappa shape index (κ3) is 3.11. The van der Waals surface area contributed by atoms with Crippen molar-refractivity contribution in [2.45, 2.75) is 6.92 Å². The van der Waals surface area contributed by atoms with Gasteiger partial charge in [0.15, 0.2) is 0 Å². The van der Waals surface area contributed by atoms with E-state index in [-0.39, 0.29) is 17.2 Å². The molecule has 0 atom stereocenters. The average molecular weight is 311 g/mol. The average Bonchev–Trinajstić information content (AvgIpc) is 2.94. The Labute approximate surface area is 123 Å². The van der Waals surface area contributed by atoms with Gasteiger partial charge in [-0.3, -0.25) is 0 Å². The molecule has 3 N–H and O–H groups in total. The fourth-order valence-electron chi connectivity index (χ4n) is 1.50. The first-order chi connectivity index (χ1) is 10.0. The van der Waals surface area contributed by atoms with Gasteiger partial charge in [-0.25, -0.2) is 14.6 Å². The number of pyridine rings is 1. The van der Waals surface area contributed by atoms with Gasteiger partial charge in [-0.1, -0.05) is 11.6 Å². The van der Waals surface area contributed by atoms with Crippen LogP contribution in [-0.2, 0) is 14.4 Å². The number of H-pyrrole nitrogens is 1. The molecule has 9 heteroatoms. The van der Waals surface area contributed by atoms with E-state index in [0.29, 0.717) is 11.0 Å². The van der Waals surface area contributed by atoms with Crippen molar-refractivity contribution >= 4 is 40.4 Å². The molecule has 2 heterocycles. The number of carbonyl (C=O) groups excluding carboxylic acids is 2. The van der Waals surface area contributed by atoms with Crippen molar-refractivity contribution < 1.29 is 19.2 Å². The standard InChI is InChI=1S/C12H11ClN4O4/c1-2-20-12(19)9(14)17-21-11(18)7-5-16-10-6(8(7)13)3-4-15-10/h3-5H,2H2,1H3,(H2,14,17)(H,15,16). The Bertz CT molecular complexity index is 725. The summed E-state index contributed by atoms with van der Waals surface area (Å²) in [5, 5.41) is 3.93. The highest BCUT2D eigenvalue weighted by atomic mass is 35.5. The van der Waals surface area contributed by atoms with Gasteiger partial charge in [0.2, 0.25) is 5.84 Å². The Morgan fingerprint density at radius 2 is 2.29 bits per heavy atom. The van der Waals surface area contributed by atoms with Crippen molar-refractivity contribution in [2.75, 3.05) is 6.61 Å². The number of aromatic amines is 1. The first-order valence-corrected chi connectivity index (χ1v) is 6.26. The van der Waals surface area contributed by atoms with Crippen molar-refractivity contribution in [3.63, 3.8) is 0 Å². The number of hydrogen-bond acceptors (Lipinski definition) is 6. The number of aromatic nitrogens is 2. The van der Waals surface area contributed by atoms with Gasteiger partial charge in [-0.15, -0.1) is 0 Å². The molecule has 0 aliphatic rings. The lowest BCUT2D eigenvalue weighted by molar-refractivity contribution is -0.135. The first-order valence-electron chi connectivity index (χ1n) is 5.88. The molecular formula is C12H11ClN4O4. The third-order valence-electron chi connectivity index (χ3n) is 2.45. The summed E-state index contributed by atoms with van der Waals surface area (Å²) in [6, 6.07) is 1.66. The first kappa shape index (κ1) is 14.8. The summed E-state index contributed by atoms with van der Waals surface area (Å²) in [6.07, 6.45) is 2.87. The summed E-state index contributed by atoms with van der Waals surface area (Å²) in [5.41, 5.74) is 5.82. The Kier molecular flexibility index (Phi) is 4.39. The third-order valence-corrected chi connectivity index (χ3v) is 2.86. The molecule has 0 radical (unpaired) electrons. The number of nitrogens with two attached hydrogens (primary N) is 1. The SMILES string of the molecule is CCOC(=O)C(N)=NOC(=O)c1cnc2[nH]ccc2c1Cl. The van der Waals surface area contributed by atoms with Gasteiger partial charge in [-0.2, -0.15) is 0 Å². The molecule has 0 spiro atoms. The topological polar surface area (TPSA) is 120 Å². The maximum Gasteiger partial charge on any atom is 0.377 e. The van der Waals surface area contributed by atoms with Crippen LogP contribution in [0, 0.1) is 0 Å². The molecule has 110 valence electrons. The number of ether oxygens (including phenoxy) is 1. The summed E-state index contributed by atoms with van der Waals surface area (Å²) in [6.45, 7) is 1.73. The molecule has 2 aromatic heterocycles. The minimum absolute atomic E-state index is 0.00387. The summed E-state index contributed by atoms with van der Waals surface area (Å²) in [7, 11) is 0. The molecule has 0 saturated heterocycles. The molecule has 2 rings (SSSR count). The number of esters is 1.